The Labute approximate surface area is 202 Å². The zero-order valence-electron chi connectivity index (χ0n) is 19.5. The number of fused-ring (bicyclic) bond motifs is 1. The molecule has 2 saturated heterocycles. The third kappa shape index (κ3) is 3.89. The largest absolute Gasteiger partial charge is 0.336 e. The SMILES string of the molecule is CN(C(=O)c1cn(-c2ccc3c(c2)CN(C2CCC(=O)NC2=O)C3=O)nn1)C1CCN(C2CC2)C1. The van der Waals surface area contributed by atoms with E-state index in [2.05, 4.69) is 20.5 Å². The number of rotatable bonds is 5. The number of nitrogens with zero attached hydrogens (tertiary/aromatic N) is 6. The van der Waals surface area contributed by atoms with Crippen molar-refractivity contribution in [2.45, 2.75) is 56.8 Å². The van der Waals surface area contributed by atoms with Crippen molar-refractivity contribution in [2.75, 3.05) is 20.1 Å². The summed E-state index contributed by atoms with van der Waals surface area (Å²) in [4.78, 5) is 55.4. The van der Waals surface area contributed by atoms with Gasteiger partial charge in [0.2, 0.25) is 11.8 Å². The van der Waals surface area contributed by atoms with Gasteiger partial charge in [-0.25, -0.2) is 4.68 Å². The Morgan fingerprint density at radius 1 is 1.14 bits per heavy atom. The summed E-state index contributed by atoms with van der Waals surface area (Å²) in [5.74, 6) is -1.13. The highest BCUT2D eigenvalue weighted by Crippen LogP contribution is 2.31. The van der Waals surface area contributed by atoms with Crippen LogP contribution in [0, 0.1) is 0 Å². The van der Waals surface area contributed by atoms with Crippen LogP contribution >= 0.6 is 0 Å². The van der Waals surface area contributed by atoms with Crippen molar-refractivity contribution in [3.63, 3.8) is 0 Å². The van der Waals surface area contributed by atoms with Crippen molar-refractivity contribution >= 4 is 23.6 Å². The van der Waals surface area contributed by atoms with E-state index >= 15 is 0 Å². The number of amides is 4. The molecule has 0 bridgehead atoms. The van der Waals surface area contributed by atoms with Crippen LogP contribution in [0.4, 0.5) is 0 Å². The number of carbonyl (C=O) groups excluding carboxylic acids is 4. The lowest BCUT2D eigenvalue weighted by Gasteiger charge is -2.29. The van der Waals surface area contributed by atoms with Crippen LogP contribution in [0.5, 0.6) is 0 Å². The summed E-state index contributed by atoms with van der Waals surface area (Å²) in [6.07, 6.45) is 5.63. The zero-order chi connectivity index (χ0) is 24.3. The van der Waals surface area contributed by atoms with Crippen molar-refractivity contribution in [3.8, 4) is 5.69 Å². The fourth-order valence-corrected chi connectivity index (χ4v) is 5.39. The highest BCUT2D eigenvalue weighted by atomic mass is 16.2. The molecule has 2 atom stereocenters. The minimum Gasteiger partial charge on any atom is -0.336 e. The number of hydrogen-bond acceptors (Lipinski definition) is 7. The third-order valence-corrected chi connectivity index (χ3v) is 7.61. The molecule has 11 heteroatoms. The number of hydrogen-bond donors (Lipinski definition) is 1. The second-order valence-electron chi connectivity index (χ2n) is 9.87. The molecule has 6 rings (SSSR count). The Morgan fingerprint density at radius 2 is 1.97 bits per heavy atom. The maximum Gasteiger partial charge on any atom is 0.276 e. The van der Waals surface area contributed by atoms with Gasteiger partial charge in [-0.3, -0.25) is 29.4 Å². The zero-order valence-corrected chi connectivity index (χ0v) is 19.5. The monoisotopic (exact) mass is 477 g/mol. The molecular weight excluding hydrogens is 450 g/mol. The van der Waals surface area contributed by atoms with Crippen molar-refractivity contribution in [2.24, 2.45) is 0 Å². The molecule has 4 heterocycles. The normalized spacial score (nSPS) is 24.6. The van der Waals surface area contributed by atoms with Crippen LogP contribution in [0.25, 0.3) is 5.69 Å². The van der Waals surface area contributed by atoms with Gasteiger partial charge < -0.3 is 9.80 Å². The standard InChI is InChI=1S/C24H27N7O4/c1-28(17-8-9-29(12-17)15-2-3-15)24(35)19-13-31(27-26-19)16-4-5-18-14(10-16)11-30(23(18)34)20-6-7-21(32)25-22(20)33/h4-5,10,13,15,17,20H,2-3,6-9,11-12H2,1H3,(H,25,32,33). The summed E-state index contributed by atoms with van der Waals surface area (Å²) in [6, 6.07) is 5.50. The minimum atomic E-state index is -0.659. The van der Waals surface area contributed by atoms with Crippen LogP contribution in [0.2, 0.25) is 0 Å². The van der Waals surface area contributed by atoms with Gasteiger partial charge in [-0.2, -0.15) is 0 Å². The molecule has 3 aliphatic heterocycles. The predicted molar refractivity (Wildman–Crippen MR) is 122 cm³/mol. The summed E-state index contributed by atoms with van der Waals surface area (Å²) in [7, 11) is 1.83. The first-order chi connectivity index (χ1) is 16.9. The van der Waals surface area contributed by atoms with E-state index in [0.717, 1.165) is 25.1 Å². The van der Waals surface area contributed by atoms with Crippen LogP contribution in [0.1, 0.15) is 58.5 Å². The number of nitrogens with one attached hydrogen (secondary N) is 1. The predicted octanol–water partition coefficient (Wildman–Crippen LogP) is 0.337. The molecule has 4 amide bonds. The quantitative estimate of drug-likeness (QED) is 0.617. The van der Waals surface area contributed by atoms with E-state index in [0.29, 0.717) is 23.7 Å². The van der Waals surface area contributed by atoms with Gasteiger partial charge in [0.25, 0.3) is 11.8 Å². The highest BCUT2D eigenvalue weighted by Gasteiger charge is 2.39. The number of likely N-dealkylation sites (tertiary alicyclic amines) is 1. The lowest BCUT2D eigenvalue weighted by Crippen LogP contribution is -2.52. The Kier molecular flexibility index (Phi) is 5.17. The van der Waals surface area contributed by atoms with Crippen LogP contribution in [-0.2, 0) is 16.1 Å². The van der Waals surface area contributed by atoms with Gasteiger partial charge in [0, 0.05) is 50.7 Å². The minimum absolute atomic E-state index is 0.153. The van der Waals surface area contributed by atoms with Gasteiger partial charge in [0.15, 0.2) is 5.69 Å². The molecule has 1 aromatic heterocycles. The Morgan fingerprint density at radius 3 is 2.74 bits per heavy atom. The lowest BCUT2D eigenvalue weighted by molar-refractivity contribution is -0.136. The van der Waals surface area contributed by atoms with E-state index in [4.69, 9.17) is 0 Å². The first-order valence-electron chi connectivity index (χ1n) is 12.1. The fraction of sp³-hybridized carbons (Fsp3) is 0.500. The average Bonchev–Trinajstić information content (AvgIpc) is 3.25. The van der Waals surface area contributed by atoms with Crippen molar-refractivity contribution in [1.82, 2.24) is 35.0 Å². The fourth-order valence-electron chi connectivity index (χ4n) is 5.39. The number of likely N-dealkylation sites (N-methyl/N-ethyl adjacent to an activating group) is 1. The van der Waals surface area contributed by atoms with Gasteiger partial charge in [-0.05, 0) is 49.4 Å². The molecule has 35 heavy (non-hydrogen) atoms. The van der Waals surface area contributed by atoms with Gasteiger partial charge in [0.1, 0.15) is 6.04 Å². The number of piperidine rings is 1. The van der Waals surface area contributed by atoms with E-state index in [1.54, 1.807) is 23.2 Å². The Balaban J connectivity index is 1.16. The summed E-state index contributed by atoms with van der Waals surface area (Å²) in [6.45, 7) is 2.21. The second kappa shape index (κ2) is 8.26. The molecular formula is C24H27N7O4. The molecule has 0 radical (unpaired) electrons. The number of carbonyl (C=O) groups is 4. The van der Waals surface area contributed by atoms with Gasteiger partial charge in [-0.15, -0.1) is 5.10 Å². The molecule has 0 spiro atoms. The van der Waals surface area contributed by atoms with Crippen LogP contribution in [-0.4, -0.2) is 91.6 Å². The number of benzene rings is 1. The van der Waals surface area contributed by atoms with Crippen LogP contribution in [0.15, 0.2) is 24.4 Å². The maximum absolute atomic E-state index is 13.0. The highest BCUT2D eigenvalue weighted by molar-refractivity contribution is 6.05. The third-order valence-electron chi connectivity index (χ3n) is 7.61. The maximum atomic E-state index is 13.0. The van der Waals surface area contributed by atoms with Crippen molar-refractivity contribution < 1.29 is 19.2 Å². The molecule has 3 fully saturated rings. The first kappa shape index (κ1) is 21.9. The molecule has 1 saturated carbocycles. The molecule has 182 valence electrons. The summed E-state index contributed by atoms with van der Waals surface area (Å²) < 4.78 is 1.53. The molecule has 2 unspecified atom stereocenters. The number of imide groups is 1. The first-order valence-corrected chi connectivity index (χ1v) is 12.1. The molecule has 1 N–H and O–H groups in total. The Bertz CT molecular complexity index is 1240. The summed E-state index contributed by atoms with van der Waals surface area (Å²) >= 11 is 0. The lowest BCUT2D eigenvalue weighted by atomic mass is 10.0. The Hall–Kier alpha value is -3.60. The van der Waals surface area contributed by atoms with E-state index in [-0.39, 0.29) is 42.4 Å². The summed E-state index contributed by atoms with van der Waals surface area (Å²) in [5, 5.41) is 10.6. The van der Waals surface area contributed by atoms with Crippen LogP contribution < -0.4 is 5.32 Å². The van der Waals surface area contributed by atoms with E-state index in [1.165, 1.54) is 22.4 Å². The molecule has 1 aliphatic carbocycles. The molecule has 4 aliphatic rings. The molecule has 1 aromatic carbocycles. The van der Waals surface area contributed by atoms with E-state index < -0.39 is 11.9 Å². The molecule has 11 nitrogen and oxygen atoms in total. The topological polar surface area (TPSA) is 121 Å². The second-order valence-corrected chi connectivity index (χ2v) is 9.87. The van der Waals surface area contributed by atoms with Crippen molar-refractivity contribution in [1.29, 1.82) is 0 Å². The molecule has 2 aromatic rings. The summed E-state index contributed by atoms with van der Waals surface area (Å²) in [5.41, 5.74) is 2.25. The number of aromatic nitrogens is 3. The average molecular weight is 478 g/mol. The van der Waals surface area contributed by atoms with Gasteiger partial charge in [0.05, 0.1) is 11.9 Å². The van der Waals surface area contributed by atoms with E-state index in [1.807, 2.05) is 13.1 Å². The van der Waals surface area contributed by atoms with Gasteiger partial charge in [-0.1, -0.05) is 5.21 Å². The van der Waals surface area contributed by atoms with Crippen LogP contribution in [0.3, 0.4) is 0 Å². The van der Waals surface area contributed by atoms with Gasteiger partial charge >= 0.3 is 0 Å². The van der Waals surface area contributed by atoms with E-state index in [9.17, 15) is 19.2 Å². The van der Waals surface area contributed by atoms with Crippen molar-refractivity contribution in [3.05, 3.63) is 41.2 Å². The smallest absolute Gasteiger partial charge is 0.276 e.